The maximum atomic E-state index is 12.5. The summed E-state index contributed by atoms with van der Waals surface area (Å²) in [7, 11) is 1.60. The van der Waals surface area contributed by atoms with Gasteiger partial charge in [0, 0.05) is 19.0 Å². The molecule has 0 spiro atoms. The van der Waals surface area contributed by atoms with E-state index in [9.17, 15) is 14.7 Å². The Morgan fingerprint density at radius 2 is 1.77 bits per heavy atom. The van der Waals surface area contributed by atoms with E-state index in [0.717, 1.165) is 16.7 Å². The number of ether oxygens (including phenoxy) is 2. The second-order valence-electron chi connectivity index (χ2n) is 8.63. The van der Waals surface area contributed by atoms with Gasteiger partial charge in [0.15, 0.2) is 0 Å². The Balaban J connectivity index is 1.89. The van der Waals surface area contributed by atoms with E-state index in [4.69, 9.17) is 9.47 Å². The minimum atomic E-state index is -0.919. The largest absolute Gasteiger partial charge is 0.497 e. The summed E-state index contributed by atoms with van der Waals surface area (Å²) in [5.74, 6) is -1.18. The van der Waals surface area contributed by atoms with E-state index < -0.39 is 23.6 Å². The number of carboxylic acids is 1. The first-order chi connectivity index (χ1) is 14.2. The third-order valence-corrected chi connectivity index (χ3v) is 5.28. The van der Waals surface area contributed by atoms with Crippen LogP contribution in [0.25, 0.3) is 11.1 Å². The molecule has 2 aromatic carbocycles. The third kappa shape index (κ3) is 5.12. The molecule has 1 heterocycles. The van der Waals surface area contributed by atoms with E-state index in [0.29, 0.717) is 18.7 Å². The highest BCUT2D eigenvalue weighted by Crippen LogP contribution is 2.38. The number of carbonyl (C=O) groups excluding carboxylic acids is 1. The lowest BCUT2D eigenvalue weighted by molar-refractivity contribution is -0.144. The smallest absolute Gasteiger partial charge is 0.410 e. The normalized spacial score (nSPS) is 19.3. The standard InChI is InChI=1S/C24H29NO5/c1-24(2,3)30-23(28)25-11-10-20(21(15-25)22(26)27)18-12-17(13-19(14-18)29-4)16-8-6-5-7-9-16/h5-9,12-14,20-21H,10-11,15H2,1-4H3,(H,26,27)/t20-,21+/m1/s1. The molecule has 1 aliphatic rings. The molecule has 0 bridgehead atoms. The molecule has 6 nitrogen and oxygen atoms in total. The van der Waals surface area contributed by atoms with Crippen LogP contribution in [-0.2, 0) is 9.53 Å². The topological polar surface area (TPSA) is 76.1 Å². The molecule has 2 aromatic rings. The van der Waals surface area contributed by atoms with Gasteiger partial charge in [0.2, 0.25) is 0 Å². The zero-order valence-electron chi connectivity index (χ0n) is 17.9. The summed E-state index contributed by atoms with van der Waals surface area (Å²) >= 11 is 0. The summed E-state index contributed by atoms with van der Waals surface area (Å²) in [4.78, 5) is 26.0. The Morgan fingerprint density at radius 1 is 1.07 bits per heavy atom. The summed E-state index contributed by atoms with van der Waals surface area (Å²) < 4.78 is 10.9. The van der Waals surface area contributed by atoms with Crippen LogP contribution in [-0.4, -0.2) is 47.9 Å². The maximum absolute atomic E-state index is 12.5. The first-order valence-corrected chi connectivity index (χ1v) is 10.1. The zero-order chi connectivity index (χ0) is 21.9. The quantitative estimate of drug-likeness (QED) is 0.783. The number of carbonyl (C=O) groups is 2. The fraction of sp³-hybridized carbons (Fsp3) is 0.417. The third-order valence-electron chi connectivity index (χ3n) is 5.28. The molecule has 0 unspecified atom stereocenters. The molecule has 1 saturated heterocycles. The number of amides is 1. The van der Waals surface area contributed by atoms with Gasteiger partial charge >= 0.3 is 12.1 Å². The number of hydrogen-bond acceptors (Lipinski definition) is 4. The van der Waals surface area contributed by atoms with Crippen molar-refractivity contribution in [3.05, 3.63) is 54.1 Å². The Hall–Kier alpha value is -3.02. The second kappa shape index (κ2) is 8.78. The number of likely N-dealkylation sites (tertiary alicyclic amines) is 1. The van der Waals surface area contributed by atoms with Crippen molar-refractivity contribution >= 4 is 12.1 Å². The van der Waals surface area contributed by atoms with Crippen molar-refractivity contribution in [3.63, 3.8) is 0 Å². The lowest BCUT2D eigenvalue weighted by Gasteiger charge is -2.37. The van der Waals surface area contributed by atoms with Crippen molar-refractivity contribution in [1.82, 2.24) is 4.90 Å². The molecule has 6 heteroatoms. The number of hydrogen-bond donors (Lipinski definition) is 1. The fourth-order valence-corrected chi connectivity index (χ4v) is 3.84. The summed E-state index contributed by atoms with van der Waals surface area (Å²) in [6, 6.07) is 15.8. The average molecular weight is 411 g/mol. The highest BCUT2D eigenvalue weighted by molar-refractivity contribution is 5.75. The Labute approximate surface area is 177 Å². The Bertz CT molecular complexity index is 904. The summed E-state index contributed by atoms with van der Waals surface area (Å²) in [5, 5.41) is 9.90. The summed E-state index contributed by atoms with van der Waals surface area (Å²) in [6.07, 6.45) is 0.0697. The lowest BCUT2D eigenvalue weighted by atomic mass is 9.79. The number of nitrogens with zero attached hydrogens (tertiary/aromatic N) is 1. The van der Waals surface area contributed by atoms with E-state index in [1.165, 1.54) is 4.90 Å². The van der Waals surface area contributed by atoms with Crippen molar-refractivity contribution in [2.75, 3.05) is 20.2 Å². The van der Waals surface area contributed by atoms with E-state index in [1.807, 2.05) is 48.5 Å². The molecule has 30 heavy (non-hydrogen) atoms. The molecule has 2 atom stereocenters. The van der Waals surface area contributed by atoms with Gasteiger partial charge in [0.05, 0.1) is 13.0 Å². The SMILES string of the molecule is COc1cc(-c2ccccc2)cc([C@H]2CCN(C(=O)OC(C)(C)C)C[C@@H]2C(=O)O)c1. The van der Waals surface area contributed by atoms with Crippen molar-refractivity contribution < 1.29 is 24.2 Å². The Morgan fingerprint density at radius 3 is 2.37 bits per heavy atom. The van der Waals surface area contributed by atoms with E-state index >= 15 is 0 Å². The second-order valence-corrected chi connectivity index (χ2v) is 8.63. The zero-order valence-corrected chi connectivity index (χ0v) is 17.9. The molecule has 0 aromatic heterocycles. The van der Waals surface area contributed by atoms with Gasteiger partial charge < -0.3 is 19.5 Å². The average Bonchev–Trinajstić information content (AvgIpc) is 2.72. The highest BCUT2D eigenvalue weighted by Gasteiger charge is 2.38. The van der Waals surface area contributed by atoms with Crippen LogP contribution in [0.5, 0.6) is 5.75 Å². The first kappa shape index (κ1) is 21.7. The van der Waals surface area contributed by atoms with Gasteiger partial charge in [-0.3, -0.25) is 4.79 Å². The molecule has 1 fully saturated rings. The first-order valence-electron chi connectivity index (χ1n) is 10.1. The number of carboxylic acid groups (broad SMARTS) is 1. The van der Waals surface area contributed by atoms with Crippen LogP contribution < -0.4 is 4.74 Å². The van der Waals surface area contributed by atoms with Crippen LogP contribution in [0.1, 0.15) is 38.7 Å². The fourth-order valence-electron chi connectivity index (χ4n) is 3.84. The number of benzene rings is 2. The van der Waals surface area contributed by atoms with E-state index in [1.54, 1.807) is 27.9 Å². The molecule has 1 aliphatic heterocycles. The number of methoxy groups -OCH3 is 1. The minimum Gasteiger partial charge on any atom is -0.497 e. The molecule has 3 rings (SSSR count). The van der Waals surface area contributed by atoms with Gasteiger partial charge in [-0.2, -0.15) is 0 Å². The number of aliphatic carboxylic acids is 1. The summed E-state index contributed by atoms with van der Waals surface area (Å²) in [5.41, 5.74) is 2.30. The summed E-state index contributed by atoms with van der Waals surface area (Å²) in [6.45, 7) is 5.96. The number of piperidine rings is 1. The van der Waals surface area contributed by atoms with Crippen molar-refractivity contribution in [2.24, 2.45) is 5.92 Å². The lowest BCUT2D eigenvalue weighted by Crippen LogP contribution is -2.47. The molecule has 0 saturated carbocycles. The monoisotopic (exact) mass is 411 g/mol. The van der Waals surface area contributed by atoms with Crippen LogP contribution in [0.4, 0.5) is 4.79 Å². The van der Waals surface area contributed by atoms with Gasteiger partial charge in [-0.15, -0.1) is 0 Å². The molecule has 1 N–H and O–H groups in total. The van der Waals surface area contributed by atoms with Gasteiger partial charge in [-0.25, -0.2) is 4.79 Å². The predicted octanol–water partition coefficient (Wildman–Crippen LogP) is 4.79. The maximum Gasteiger partial charge on any atom is 0.410 e. The van der Waals surface area contributed by atoms with Crippen LogP contribution >= 0.6 is 0 Å². The van der Waals surface area contributed by atoms with Crippen LogP contribution in [0.3, 0.4) is 0 Å². The van der Waals surface area contributed by atoms with E-state index in [2.05, 4.69) is 0 Å². The van der Waals surface area contributed by atoms with Gasteiger partial charge in [-0.1, -0.05) is 36.4 Å². The molecular weight excluding hydrogens is 382 g/mol. The van der Waals surface area contributed by atoms with Crippen LogP contribution in [0.2, 0.25) is 0 Å². The van der Waals surface area contributed by atoms with Crippen molar-refractivity contribution in [1.29, 1.82) is 0 Å². The number of rotatable bonds is 4. The molecule has 1 amide bonds. The van der Waals surface area contributed by atoms with Gasteiger partial charge in [-0.05, 0) is 56.0 Å². The Kier molecular flexibility index (Phi) is 6.34. The van der Waals surface area contributed by atoms with Crippen molar-refractivity contribution in [2.45, 2.75) is 38.7 Å². The molecule has 160 valence electrons. The minimum absolute atomic E-state index is 0.118. The molecular formula is C24H29NO5. The predicted molar refractivity (Wildman–Crippen MR) is 115 cm³/mol. The van der Waals surface area contributed by atoms with Gasteiger partial charge in [0.25, 0.3) is 0 Å². The van der Waals surface area contributed by atoms with Gasteiger partial charge in [0.1, 0.15) is 11.4 Å². The van der Waals surface area contributed by atoms with Crippen LogP contribution in [0.15, 0.2) is 48.5 Å². The molecule has 0 aliphatic carbocycles. The molecule has 0 radical (unpaired) electrons. The van der Waals surface area contributed by atoms with E-state index in [-0.39, 0.29) is 12.5 Å². The van der Waals surface area contributed by atoms with Crippen LogP contribution in [0, 0.1) is 5.92 Å². The highest BCUT2D eigenvalue weighted by atomic mass is 16.6. The van der Waals surface area contributed by atoms with Crippen molar-refractivity contribution in [3.8, 4) is 16.9 Å².